The maximum Gasteiger partial charge on any atom is 0.379 e. The fraction of sp³-hybridized carbons (Fsp3) is 0.207. The Morgan fingerprint density at radius 1 is 0.889 bits per heavy atom. The molecule has 0 amide bonds. The number of halogens is 3. The van der Waals surface area contributed by atoms with Crippen molar-refractivity contribution in [3.63, 3.8) is 0 Å². The Bertz CT molecular complexity index is 1360. The number of aliphatic carboxylic acids is 1. The van der Waals surface area contributed by atoms with Gasteiger partial charge in [0.1, 0.15) is 5.75 Å². The molecule has 0 spiro atoms. The van der Waals surface area contributed by atoms with E-state index in [9.17, 15) is 13.6 Å². The summed E-state index contributed by atoms with van der Waals surface area (Å²) in [5.74, 6) is -5.30. The van der Waals surface area contributed by atoms with Crippen molar-refractivity contribution in [1.82, 2.24) is 5.32 Å². The summed E-state index contributed by atoms with van der Waals surface area (Å²) >= 11 is 0. The normalized spacial score (nSPS) is 13.0. The number of carboxylic acid groups (broad SMARTS) is 1. The minimum Gasteiger partial charge on any atom is -0.497 e. The highest BCUT2D eigenvalue weighted by Gasteiger charge is 2.40. The number of hydrogen-bond acceptors (Lipinski definition) is 3. The molecule has 1 unspecified atom stereocenters. The van der Waals surface area contributed by atoms with Crippen molar-refractivity contribution in [2.45, 2.75) is 31.9 Å². The summed E-state index contributed by atoms with van der Waals surface area (Å²) < 4.78 is 33.2. The van der Waals surface area contributed by atoms with Crippen LogP contribution in [0, 0.1) is 0 Å². The van der Waals surface area contributed by atoms with Gasteiger partial charge in [0.15, 0.2) is 0 Å². The molecule has 7 heteroatoms. The standard InChI is InChI=1S/C29H27F2NO3.ClH/c1-18(21-8-6-9-25(16-21)35-3)32-19(2)23-15-22-7-4-5-10-26(22)27(17-23)20-11-13-24(14-12-20)29(30,31)28(33)34;/h4-19,32H,1-3H3,(H,33,34);1H/t18-,19?;/m1./s1. The molecule has 0 aliphatic rings. The number of rotatable bonds is 8. The molecule has 4 nitrogen and oxygen atoms in total. The number of carbonyl (C=O) groups is 1. The monoisotopic (exact) mass is 511 g/mol. The second-order valence-electron chi connectivity index (χ2n) is 8.63. The minimum absolute atomic E-state index is 0. The van der Waals surface area contributed by atoms with Gasteiger partial charge in [-0.05, 0) is 71.1 Å². The van der Waals surface area contributed by atoms with E-state index in [1.165, 1.54) is 12.1 Å². The smallest absolute Gasteiger partial charge is 0.379 e. The largest absolute Gasteiger partial charge is 0.497 e. The van der Waals surface area contributed by atoms with Crippen LogP contribution in [0.25, 0.3) is 21.9 Å². The van der Waals surface area contributed by atoms with E-state index < -0.39 is 17.5 Å². The van der Waals surface area contributed by atoms with Crippen LogP contribution in [0.2, 0.25) is 0 Å². The third kappa shape index (κ3) is 5.50. The van der Waals surface area contributed by atoms with E-state index >= 15 is 0 Å². The molecule has 0 radical (unpaired) electrons. The quantitative estimate of drug-likeness (QED) is 0.257. The zero-order valence-corrected chi connectivity index (χ0v) is 21.0. The molecule has 0 saturated carbocycles. The zero-order chi connectivity index (χ0) is 25.2. The summed E-state index contributed by atoms with van der Waals surface area (Å²) in [4.78, 5) is 10.9. The Hall–Kier alpha value is -3.48. The van der Waals surface area contributed by atoms with Crippen molar-refractivity contribution in [2.24, 2.45) is 0 Å². The van der Waals surface area contributed by atoms with E-state index in [1.807, 2.05) is 48.5 Å². The molecular formula is C29H28ClF2NO3. The van der Waals surface area contributed by atoms with Crippen LogP contribution < -0.4 is 10.1 Å². The zero-order valence-electron chi connectivity index (χ0n) is 20.2. The number of methoxy groups -OCH3 is 1. The van der Waals surface area contributed by atoms with Crippen molar-refractivity contribution < 1.29 is 23.4 Å². The van der Waals surface area contributed by atoms with Crippen LogP contribution in [0.1, 0.15) is 42.6 Å². The number of carboxylic acids is 1. The number of fused-ring (bicyclic) bond motifs is 1. The third-order valence-electron chi connectivity index (χ3n) is 6.30. The lowest BCUT2D eigenvalue weighted by Crippen LogP contribution is -2.25. The Morgan fingerprint density at radius 2 is 1.56 bits per heavy atom. The average molecular weight is 512 g/mol. The maximum absolute atomic E-state index is 13.9. The molecule has 0 aromatic heterocycles. The molecule has 2 atom stereocenters. The lowest BCUT2D eigenvalue weighted by molar-refractivity contribution is -0.166. The first-order chi connectivity index (χ1) is 16.7. The third-order valence-corrected chi connectivity index (χ3v) is 6.30. The number of hydrogen-bond donors (Lipinski definition) is 2. The molecular weight excluding hydrogens is 484 g/mol. The first-order valence-electron chi connectivity index (χ1n) is 11.4. The summed E-state index contributed by atoms with van der Waals surface area (Å²) in [7, 11) is 1.64. The van der Waals surface area contributed by atoms with Crippen LogP contribution in [-0.4, -0.2) is 18.2 Å². The van der Waals surface area contributed by atoms with Crippen molar-refractivity contribution in [3.8, 4) is 16.9 Å². The summed E-state index contributed by atoms with van der Waals surface area (Å²) in [5, 5.41) is 14.5. The van der Waals surface area contributed by atoms with Gasteiger partial charge in [-0.15, -0.1) is 12.4 Å². The van der Waals surface area contributed by atoms with E-state index in [1.54, 1.807) is 19.2 Å². The fourth-order valence-electron chi connectivity index (χ4n) is 4.28. The van der Waals surface area contributed by atoms with E-state index in [2.05, 4.69) is 31.3 Å². The molecule has 4 rings (SSSR count). The van der Waals surface area contributed by atoms with Gasteiger partial charge in [-0.1, -0.05) is 60.7 Å². The van der Waals surface area contributed by atoms with Gasteiger partial charge in [-0.3, -0.25) is 0 Å². The van der Waals surface area contributed by atoms with E-state index in [0.717, 1.165) is 38.8 Å². The molecule has 0 bridgehead atoms. The molecule has 4 aromatic carbocycles. The molecule has 188 valence electrons. The molecule has 0 aliphatic carbocycles. The first kappa shape index (κ1) is 27.1. The maximum atomic E-state index is 13.9. The predicted octanol–water partition coefficient (Wildman–Crippen LogP) is 7.53. The number of ether oxygens (including phenoxy) is 1. The van der Waals surface area contributed by atoms with Gasteiger partial charge in [-0.2, -0.15) is 8.78 Å². The summed E-state index contributed by atoms with van der Waals surface area (Å²) in [5.41, 5.74) is 3.24. The molecule has 4 aromatic rings. The minimum atomic E-state index is -3.93. The van der Waals surface area contributed by atoms with Crippen LogP contribution in [0.4, 0.5) is 8.78 Å². The first-order valence-corrected chi connectivity index (χ1v) is 11.4. The summed E-state index contributed by atoms with van der Waals surface area (Å²) in [6.07, 6.45) is 0. The lowest BCUT2D eigenvalue weighted by Gasteiger charge is -2.22. The predicted molar refractivity (Wildman–Crippen MR) is 141 cm³/mol. The highest BCUT2D eigenvalue weighted by atomic mass is 35.5. The molecule has 0 aliphatic heterocycles. The second kappa shape index (κ2) is 11.1. The van der Waals surface area contributed by atoms with Crippen molar-refractivity contribution in [2.75, 3.05) is 7.11 Å². The second-order valence-corrected chi connectivity index (χ2v) is 8.63. The Kier molecular flexibility index (Phi) is 8.33. The SMILES string of the molecule is COc1cccc([C@@H](C)NC(C)c2cc(-c3ccc(C(F)(F)C(=O)O)cc3)c3ccccc3c2)c1.Cl. The van der Waals surface area contributed by atoms with Gasteiger partial charge in [0, 0.05) is 17.6 Å². The van der Waals surface area contributed by atoms with Crippen LogP contribution in [0.15, 0.2) is 84.9 Å². The van der Waals surface area contributed by atoms with Gasteiger partial charge >= 0.3 is 11.9 Å². The highest BCUT2D eigenvalue weighted by molar-refractivity contribution is 5.97. The molecule has 36 heavy (non-hydrogen) atoms. The van der Waals surface area contributed by atoms with E-state index in [4.69, 9.17) is 9.84 Å². The van der Waals surface area contributed by atoms with Crippen molar-refractivity contribution in [1.29, 1.82) is 0 Å². The van der Waals surface area contributed by atoms with Crippen LogP contribution in [-0.2, 0) is 10.7 Å². The van der Waals surface area contributed by atoms with Crippen molar-refractivity contribution in [3.05, 3.63) is 102 Å². The number of nitrogens with one attached hydrogen (secondary N) is 1. The Morgan fingerprint density at radius 3 is 2.22 bits per heavy atom. The van der Waals surface area contributed by atoms with Gasteiger partial charge in [-0.25, -0.2) is 4.79 Å². The summed E-state index contributed by atoms with van der Waals surface area (Å²) in [6, 6.07) is 25.5. The van der Waals surface area contributed by atoms with Crippen molar-refractivity contribution >= 4 is 29.1 Å². The highest BCUT2D eigenvalue weighted by Crippen LogP contribution is 2.35. The number of benzene rings is 4. The summed E-state index contributed by atoms with van der Waals surface area (Å²) in [6.45, 7) is 4.18. The van der Waals surface area contributed by atoms with E-state index in [-0.39, 0.29) is 24.5 Å². The van der Waals surface area contributed by atoms with Gasteiger partial charge in [0.05, 0.1) is 7.11 Å². The molecule has 0 fully saturated rings. The fourth-order valence-corrected chi connectivity index (χ4v) is 4.28. The number of alkyl halides is 2. The average Bonchev–Trinajstić information content (AvgIpc) is 2.88. The molecule has 0 saturated heterocycles. The van der Waals surface area contributed by atoms with Gasteiger partial charge < -0.3 is 15.2 Å². The van der Waals surface area contributed by atoms with Gasteiger partial charge in [0.25, 0.3) is 0 Å². The molecule has 0 heterocycles. The lowest BCUT2D eigenvalue weighted by atomic mass is 9.92. The van der Waals surface area contributed by atoms with Crippen LogP contribution in [0.3, 0.4) is 0 Å². The van der Waals surface area contributed by atoms with Gasteiger partial charge in [0.2, 0.25) is 0 Å². The van der Waals surface area contributed by atoms with E-state index in [0.29, 0.717) is 0 Å². The molecule has 2 N–H and O–H groups in total. The van der Waals surface area contributed by atoms with Crippen LogP contribution >= 0.6 is 12.4 Å². The van der Waals surface area contributed by atoms with Crippen LogP contribution in [0.5, 0.6) is 5.75 Å². The Balaban J connectivity index is 0.00000361. The topological polar surface area (TPSA) is 58.6 Å². The Labute approximate surface area is 215 Å².